The van der Waals surface area contributed by atoms with E-state index in [-0.39, 0.29) is 11.9 Å². The first-order valence-corrected chi connectivity index (χ1v) is 3.88. The van der Waals surface area contributed by atoms with Crippen LogP contribution < -0.4 is 5.32 Å². The number of ether oxygens (including phenoxy) is 1. The molecule has 0 unspecified atom stereocenters. The van der Waals surface area contributed by atoms with E-state index >= 15 is 0 Å². The summed E-state index contributed by atoms with van der Waals surface area (Å²) in [4.78, 5) is 21.1. The molecule has 0 heterocycles. The maximum absolute atomic E-state index is 10.7. The molecule has 1 N–H and O–H groups in total. The molecule has 69 valence electrons. The highest BCUT2D eigenvalue weighted by Gasteiger charge is 2.00. The number of nitrogens with one attached hydrogen (secondary N) is 1. The summed E-state index contributed by atoms with van der Waals surface area (Å²) in [5.41, 5.74) is 0. The first-order valence-electron chi connectivity index (χ1n) is 3.88. The summed E-state index contributed by atoms with van der Waals surface area (Å²) in [6.07, 6.45) is 0.955. The standard InChI is InChI=1S/C8H14NO3/c1-3-12-8(11)5-4-6-9-7(2)10/h3H,4-6H2,1-2H3,(H,9,10). The van der Waals surface area contributed by atoms with Gasteiger partial charge in [0.1, 0.15) is 6.61 Å². The fraction of sp³-hybridized carbons (Fsp3) is 0.625. The van der Waals surface area contributed by atoms with Crippen LogP contribution in [0.2, 0.25) is 0 Å². The van der Waals surface area contributed by atoms with Crippen LogP contribution in [0.5, 0.6) is 0 Å². The normalized spacial score (nSPS) is 9.17. The second kappa shape index (κ2) is 6.64. The van der Waals surface area contributed by atoms with E-state index in [1.807, 2.05) is 0 Å². The van der Waals surface area contributed by atoms with E-state index in [1.54, 1.807) is 6.92 Å². The highest BCUT2D eigenvalue weighted by molar-refractivity contribution is 5.73. The zero-order valence-corrected chi connectivity index (χ0v) is 7.42. The van der Waals surface area contributed by atoms with Gasteiger partial charge in [-0.25, -0.2) is 0 Å². The van der Waals surface area contributed by atoms with Crippen molar-refractivity contribution in [3.8, 4) is 0 Å². The number of rotatable bonds is 5. The van der Waals surface area contributed by atoms with Crippen LogP contribution in [0.1, 0.15) is 26.7 Å². The lowest BCUT2D eigenvalue weighted by Gasteiger charge is -2.01. The monoisotopic (exact) mass is 172 g/mol. The Labute approximate surface area is 72.3 Å². The fourth-order valence-electron chi connectivity index (χ4n) is 0.688. The van der Waals surface area contributed by atoms with Crippen LogP contribution in [-0.4, -0.2) is 18.4 Å². The Morgan fingerprint density at radius 2 is 2.17 bits per heavy atom. The topological polar surface area (TPSA) is 55.4 Å². The van der Waals surface area contributed by atoms with Gasteiger partial charge in [-0.15, -0.1) is 0 Å². The summed E-state index contributed by atoms with van der Waals surface area (Å²) >= 11 is 0. The van der Waals surface area contributed by atoms with Crippen LogP contribution in [0, 0.1) is 6.61 Å². The lowest BCUT2D eigenvalue weighted by molar-refractivity contribution is -0.140. The highest BCUT2D eigenvalue weighted by Crippen LogP contribution is 1.92. The number of hydrogen-bond acceptors (Lipinski definition) is 3. The average Bonchev–Trinajstić information content (AvgIpc) is 1.98. The quantitative estimate of drug-likeness (QED) is 0.488. The molecule has 0 rings (SSSR count). The number of esters is 1. The van der Waals surface area contributed by atoms with E-state index in [1.165, 1.54) is 13.5 Å². The molecule has 0 fully saturated rings. The van der Waals surface area contributed by atoms with Crippen molar-refractivity contribution >= 4 is 11.9 Å². The van der Waals surface area contributed by atoms with Crippen LogP contribution in [0.25, 0.3) is 0 Å². The Bertz CT molecular complexity index is 156. The van der Waals surface area contributed by atoms with E-state index in [2.05, 4.69) is 10.1 Å². The predicted molar refractivity (Wildman–Crippen MR) is 44.0 cm³/mol. The molecule has 12 heavy (non-hydrogen) atoms. The van der Waals surface area contributed by atoms with Crippen LogP contribution in [0.15, 0.2) is 0 Å². The van der Waals surface area contributed by atoms with E-state index < -0.39 is 0 Å². The fourth-order valence-corrected chi connectivity index (χ4v) is 0.688. The minimum atomic E-state index is -0.261. The van der Waals surface area contributed by atoms with Gasteiger partial charge in [0.15, 0.2) is 0 Å². The SMILES string of the molecule is C[CH]OC(=O)CCCNC(C)=O. The third-order valence-corrected chi connectivity index (χ3v) is 1.18. The Balaban J connectivity index is 3.19. The Hall–Kier alpha value is -1.06. The molecule has 0 saturated carbocycles. The first kappa shape index (κ1) is 10.9. The molecule has 0 aliphatic carbocycles. The Morgan fingerprint density at radius 1 is 1.50 bits per heavy atom. The van der Waals surface area contributed by atoms with Crippen molar-refractivity contribution < 1.29 is 14.3 Å². The molecule has 0 aromatic heterocycles. The summed E-state index contributed by atoms with van der Waals surface area (Å²) in [5.74, 6) is -0.340. The summed E-state index contributed by atoms with van der Waals surface area (Å²) in [5, 5.41) is 2.59. The molecule has 1 amide bonds. The van der Waals surface area contributed by atoms with Gasteiger partial charge in [-0.05, 0) is 13.3 Å². The maximum atomic E-state index is 10.7. The lowest BCUT2D eigenvalue weighted by atomic mass is 10.3. The zero-order valence-electron chi connectivity index (χ0n) is 7.42. The van der Waals surface area contributed by atoms with E-state index in [0.717, 1.165) is 0 Å². The van der Waals surface area contributed by atoms with Crippen molar-refractivity contribution in [2.45, 2.75) is 26.7 Å². The van der Waals surface area contributed by atoms with Crippen molar-refractivity contribution in [3.63, 3.8) is 0 Å². The number of hydrogen-bond donors (Lipinski definition) is 1. The van der Waals surface area contributed by atoms with E-state index in [9.17, 15) is 9.59 Å². The van der Waals surface area contributed by atoms with Crippen LogP contribution in [0.4, 0.5) is 0 Å². The predicted octanol–water partition coefficient (Wildman–Crippen LogP) is 0.628. The van der Waals surface area contributed by atoms with Gasteiger partial charge < -0.3 is 10.1 Å². The molecule has 0 saturated heterocycles. The smallest absolute Gasteiger partial charge is 0.306 e. The molecule has 0 aromatic rings. The van der Waals surface area contributed by atoms with Gasteiger partial charge in [-0.1, -0.05) is 0 Å². The highest BCUT2D eigenvalue weighted by atomic mass is 16.5. The molecule has 0 aromatic carbocycles. The second-order valence-corrected chi connectivity index (χ2v) is 2.31. The number of carbonyl (C=O) groups is 2. The minimum Gasteiger partial charge on any atom is -0.459 e. The van der Waals surface area contributed by atoms with Crippen molar-refractivity contribution in [2.75, 3.05) is 6.54 Å². The van der Waals surface area contributed by atoms with Crippen molar-refractivity contribution in [3.05, 3.63) is 6.61 Å². The molecule has 0 aliphatic rings. The van der Waals surface area contributed by atoms with Gasteiger partial charge >= 0.3 is 5.97 Å². The van der Waals surface area contributed by atoms with Gasteiger partial charge in [0, 0.05) is 19.9 Å². The summed E-state index contributed by atoms with van der Waals surface area (Å²) in [7, 11) is 0. The molecule has 4 nitrogen and oxygen atoms in total. The largest absolute Gasteiger partial charge is 0.459 e. The minimum absolute atomic E-state index is 0.0783. The van der Waals surface area contributed by atoms with Crippen molar-refractivity contribution in [1.29, 1.82) is 0 Å². The molecular weight excluding hydrogens is 158 g/mol. The molecule has 0 aliphatic heterocycles. The lowest BCUT2D eigenvalue weighted by Crippen LogP contribution is -2.21. The maximum Gasteiger partial charge on any atom is 0.306 e. The summed E-state index contributed by atoms with van der Waals surface area (Å²) < 4.78 is 4.57. The third kappa shape index (κ3) is 7.05. The number of carbonyl (C=O) groups excluding carboxylic acids is 2. The second-order valence-electron chi connectivity index (χ2n) is 2.31. The van der Waals surface area contributed by atoms with Gasteiger partial charge in [0.2, 0.25) is 5.91 Å². The van der Waals surface area contributed by atoms with Gasteiger partial charge in [-0.3, -0.25) is 9.59 Å². The molecule has 1 radical (unpaired) electrons. The van der Waals surface area contributed by atoms with Crippen molar-refractivity contribution in [2.24, 2.45) is 0 Å². The molecule has 0 bridgehead atoms. The third-order valence-electron chi connectivity index (χ3n) is 1.18. The average molecular weight is 172 g/mol. The molecular formula is C8H14NO3. The van der Waals surface area contributed by atoms with Crippen molar-refractivity contribution in [1.82, 2.24) is 5.32 Å². The van der Waals surface area contributed by atoms with Gasteiger partial charge in [0.25, 0.3) is 0 Å². The molecule has 4 heteroatoms. The Morgan fingerprint density at radius 3 is 2.67 bits per heavy atom. The summed E-state index contributed by atoms with van der Waals surface area (Å²) in [6, 6.07) is 0. The molecule has 0 spiro atoms. The van der Waals surface area contributed by atoms with Gasteiger partial charge in [0.05, 0.1) is 0 Å². The van der Waals surface area contributed by atoms with Crippen LogP contribution >= 0.6 is 0 Å². The number of amides is 1. The van der Waals surface area contributed by atoms with E-state index in [0.29, 0.717) is 19.4 Å². The molecule has 0 atom stereocenters. The van der Waals surface area contributed by atoms with E-state index in [4.69, 9.17) is 0 Å². The first-order chi connectivity index (χ1) is 5.66. The van der Waals surface area contributed by atoms with Crippen LogP contribution in [-0.2, 0) is 14.3 Å². The zero-order chi connectivity index (χ0) is 9.40. The van der Waals surface area contributed by atoms with Crippen LogP contribution in [0.3, 0.4) is 0 Å². The van der Waals surface area contributed by atoms with Gasteiger partial charge in [-0.2, -0.15) is 0 Å². The Kier molecular flexibility index (Phi) is 6.05. The summed E-state index contributed by atoms with van der Waals surface area (Å²) in [6.45, 7) is 4.96.